The highest BCUT2D eigenvalue weighted by Gasteiger charge is 2.34. The largest absolute Gasteiger partial charge is 0.379 e. The first-order chi connectivity index (χ1) is 15.7. The fourth-order valence-electron chi connectivity index (χ4n) is 4.53. The summed E-state index contributed by atoms with van der Waals surface area (Å²) in [7, 11) is 0. The summed E-state index contributed by atoms with van der Waals surface area (Å²) in [6.45, 7) is 9.86. The first-order valence-electron chi connectivity index (χ1n) is 11.5. The number of para-hydroxylation sites is 1. The van der Waals surface area contributed by atoms with Crippen LogP contribution in [0.25, 0.3) is 0 Å². The highest BCUT2D eigenvalue weighted by Crippen LogP contribution is 2.44. The molecule has 2 heterocycles. The lowest BCUT2D eigenvalue weighted by Crippen LogP contribution is -2.41. The molecule has 2 N–H and O–H groups in total. The molecule has 1 aliphatic heterocycles. The van der Waals surface area contributed by atoms with Gasteiger partial charge < -0.3 is 15.4 Å². The van der Waals surface area contributed by atoms with E-state index in [-0.39, 0.29) is 17.2 Å². The Hall–Kier alpha value is -1.93. The third kappa shape index (κ3) is 5.77. The second kappa shape index (κ2) is 10.1. The SMILES string of the molecule is CC(C)(C)[C@H]1CCc2c(sc(NC(=O)CN3CCOCC3)c2C(=O)Nc2ccccc2Cl)C1. The van der Waals surface area contributed by atoms with Crippen molar-refractivity contribution in [1.29, 1.82) is 0 Å². The number of benzene rings is 1. The van der Waals surface area contributed by atoms with Gasteiger partial charge in [-0.3, -0.25) is 14.5 Å². The minimum Gasteiger partial charge on any atom is -0.379 e. The number of amides is 2. The van der Waals surface area contributed by atoms with Crippen molar-refractivity contribution in [2.45, 2.75) is 40.0 Å². The van der Waals surface area contributed by atoms with Crippen LogP contribution in [-0.4, -0.2) is 49.6 Å². The number of hydrogen-bond donors (Lipinski definition) is 2. The molecule has 0 spiro atoms. The molecule has 2 aliphatic rings. The van der Waals surface area contributed by atoms with Gasteiger partial charge in [0.1, 0.15) is 5.00 Å². The van der Waals surface area contributed by atoms with Crippen LogP contribution in [0.2, 0.25) is 5.02 Å². The summed E-state index contributed by atoms with van der Waals surface area (Å²) >= 11 is 7.82. The Morgan fingerprint density at radius 2 is 1.91 bits per heavy atom. The number of carbonyl (C=O) groups is 2. The molecule has 8 heteroatoms. The molecule has 0 radical (unpaired) electrons. The Kier molecular flexibility index (Phi) is 7.43. The number of carbonyl (C=O) groups excluding carboxylic acids is 2. The van der Waals surface area contributed by atoms with Crippen molar-refractivity contribution in [2.75, 3.05) is 43.5 Å². The van der Waals surface area contributed by atoms with Gasteiger partial charge >= 0.3 is 0 Å². The Bertz CT molecular complexity index is 1020. The zero-order chi connectivity index (χ0) is 23.6. The quantitative estimate of drug-likeness (QED) is 0.614. The topological polar surface area (TPSA) is 70.7 Å². The van der Waals surface area contributed by atoms with Crippen molar-refractivity contribution in [3.05, 3.63) is 45.3 Å². The van der Waals surface area contributed by atoms with Crippen molar-refractivity contribution < 1.29 is 14.3 Å². The molecule has 0 saturated carbocycles. The summed E-state index contributed by atoms with van der Waals surface area (Å²) in [5.74, 6) is 0.214. The van der Waals surface area contributed by atoms with Gasteiger partial charge in [-0.15, -0.1) is 11.3 Å². The van der Waals surface area contributed by atoms with Gasteiger partial charge in [-0.05, 0) is 48.3 Å². The van der Waals surface area contributed by atoms with Crippen LogP contribution < -0.4 is 10.6 Å². The lowest BCUT2D eigenvalue weighted by molar-refractivity contribution is -0.118. The molecule has 6 nitrogen and oxygen atoms in total. The van der Waals surface area contributed by atoms with Gasteiger partial charge in [-0.25, -0.2) is 0 Å². The van der Waals surface area contributed by atoms with Crippen LogP contribution >= 0.6 is 22.9 Å². The van der Waals surface area contributed by atoms with Gasteiger partial charge in [0.15, 0.2) is 0 Å². The van der Waals surface area contributed by atoms with Crippen molar-refractivity contribution in [3.63, 3.8) is 0 Å². The normalized spacial score (nSPS) is 19.1. The van der Waals surface area contributed by atoms with Crippen molar-refractivity contribution in [1.82, 2.24) is 4.90 Å². The number of anilines is 2. The van der Waals surface area contributed by atoms with E-state index in [1.54, 1.807) is 23.5 Å². The monoisotopic (exact) mass is 489 g/mol. The maximum Gasteiger partial charge on any atom is 0.258 e. The van der Waals surface area contributed by atoms with Crippen molar-refractivity contribution >= 4 is 45.4 Å². The van der Waals surface area contributed by atoms with Gasteiger partial charge in [0, 0.05) is 18.0 Å². The summed E-state index contributed by atoms with van der Waals surface area (Å²) in [4.78, 5) is 29.6. The van der Waals surface area contributed by atoms with Crippen LogP contribution in [0.4, 0.5) is 10.7 Å². The van der Waals surface area contributed by atoms with Crippen LogP contribution in [0, 0.1) is 11.3 Å². The summed E-state index contributed by atoms with van der Waals surface area (Å²) < 4.78 is 5.37. The number of nitrogens with one attached hydrogen (secondary N) is 2. The van der Waals surface area contributed by atoms with Gasteiger partial charge in [0.25, 0.3) is 5.91 Å². The minimum absolute atomic E-state index is 0.102. The molecule has 178 valence electrons. The zero-order valence-corrected chi connectivity index (χ0v) is 21.1. The molecule has 4 rings (SSSR count). The van der Waals surface area contributed by atoms with E-state index < -0.39 is 0 Å². The second-order valence-electron chi connectivity index (χ2n) is 9.88. The molecular formula is C25H32ClN3O3S. The molecule has 1 atom stereocenters. The third-order valence-corrected chi connectivity index (χ3v) is 8.06. The van der Waals surface area contributed by atoms with E-state index in [2.05, 4.69) is 36.3 Å². The van der Waals surface area contributed by atoms with Crippen molar-refractivity contribution in [3.8, 4) is 0 Å². The molecule has 1 fully saturated rings. The van der Waals surface area contributed by atoms with E-state index in [0.717, 1.165) is 37.9 Å². The van der Waals surface area contributed by atoms with E-state index in [4.69, 9.17) is 16.3 Å². The lowest BCUT2D eigenvalue weighted by atomic mass is 9.72. The molecule has 1 aromatic carbocycles. The molecule has 0 bridgehead atoms. The summed E-state index contributed by atoms with van der Waals surface area (Å²) in [6.07, 6.45) is 2.79. The van der Waals surface area contributed by atoms with E-state index >= 15 is 0 Å². The average molecular weight is 490 g/mol. The average Bonchev–Trinajstić information content (AvgIpc) is 3.12. The van der Waals surface area contributed by atoms with E-state index in [1.807, 2.05) is 12.1 Å². The minimum atomic E-state index is -0.225. The predicted octanol–water partition coefficient (Wildman–Crippen LogP) is 5.08. The van der Waals surface area contributed by atoms with Gasteiger partial charge in [0.05, 0.1) is 36.0 Å². The fraction of sp³-hybridized carbons (Fsp3) is 0.520. The number of morpholine rings is 1. The van der Waals surface area contributed by atoms with E-state index in [1.165, 1.54) is 4.88 Å². The number of rotatable bonds is 5. The van der Waals surface area contributed by atoms with E-state index in [9.17, 15) is 9.59 Å². The lowest BCUT2D eigenvalue weighted by Gasteiger charge is -2.33. The van der Waals surface area contributed by atoms with Crippen LogP contribution in [0.1, 0.15) is 48.0 Å². The van der Waals surface area contributed by atoms with Gasteiger partial charge in [-0.1, -0.05) is 44.5 Å². The van der Waals surface area contributed by atoms with Crippen LogP contribution in [0.5, 0.6) is 0 Å². The Labute approximate surface area is 204 Å². The van der Waals surface area contributed by atoms with Crippen LogP contribution in [0.3, 0.4) is 0 Å². The highest BCUT2D eigenvalue weighted by molar-refractivity contribution is 7.17. The molecule has 0 unspecified atom stereocenters. The summed E-state index contributed by atoms with van der Waals surface area (Å²) in [5, 5.41) is 7.13. The number of nitrogens with zero attached hydrogens (tertiary/aromatic N) is 1. The first kappa shape index (κ1) is 24.2. The fourth-order valence-corrected chi connectivity index (χ4v) is 6.05. The molecule has 2 amide bonds. The van der Waals surface area contributed by atoms with Gasteiger partial charge in [0.2, 0.25) is 5.91 Å². The number of ether oxygens (including phenoxy) is 1. The van der Waals surface area contributed by atoms with Gasteiger partial charge in [-0.2, -0.15) is 0 Å². The third-order valence-electron chi connectivity index (χ3n) is 6.56. The number of fused-ring (bicyclic) bond motifs is 1. The maximum absolute atomic E-state index is 13.4. The molecule has 2 aromatic rings. The summed E-state index contributed by atoms with van der Waals surface area (Å²) in [5.41, 5.74) is 2.41. The highest BCUT2D eigenvalue weighted by atomic mass is 35.5. The number of thiophene rings is 1. The Morgan fingerprint density at radius 1 is 1.18 bits per heavy atom. The van der Waals surface area contributed by atoms with E-state index in [0.29, 0.717) is 47.0 Å². The zero-order valence-electron chi connectivity index (χ0n) is 19.5. The maximum atomic E-state index is 13.4. The van der Waals surface area contributed by atoms with Crippen molar-refractivity contribution in [2.24, 2.45) is 11.3 Å². The smallest absolute Gasteiger partial charge is 0.258 e. The molecule has 1 aliphatic carbocycles. The molecule has 33 heavy (non-hydrogen) atoms. The first-order valence-corrected chi connectivity index (χ1v) is 12.7. The Balaban J connectivity index is 1.60. The van der Waals surface area contributed by atoms with Crippen LogP contribution in [-0.2, 0) is 22.4 Å². The molecule has 1 saturated heterocycles. The number of halogens is 1. The van der Waals surface area contributed by atoms with Crippen LogP contribution in [0.15, 0.2) is 24.3 Å². The summed E-state index contributed by atoms with van der Waals surface area (Å²) in [6, 6.07) is 7.20. The molecular weight excluding hydrogens is 458 g/mol. The Morgan fingerprint density at radius 3 is 2.61 bits per heavy atom. The predicted molar refractivity (Wildman–Crippen MR) is 135 cm³/mol. The number of hydrogen-bond acceptors (Lipinski definition) is 5. The standard InChI is InChI=1S/C25H32ClN3O3S/c1-25(2,3)16-8-9-17-20(14-16)33-24(28-21(30)15-29-10-12-32-13-11-29)22(17)23(31)27-19-7-5-4-6-18(19)26/h4-7,16H,8-15H2,1-3H3,(H,27,31)(H,28,30)/t16-/m0/s1. The molecule has 1 aromatic heterocycles. The second-order valence-corrected chi connectivity index (χ2v) is 11.4.